The number of aliphatic hydroxyl groups excluding tert-OH is 1. The molecule has 1 spiro atoms. The smallest absolute Gasteiger partial charge is 0.168 e. The van der Waals surface area contributed by atoms with Gasteiger partial charge in [0.25, 0.3) is 0 Å². The summed E-state index contributed by atoms with van der Waals surface area (Å²) in [6, 6.07) is 0. The normalized spacial score (nSPS) is 44.8. The highest BCUT2D eigenvalue weighted by Crippen LogP contribution is 2.52. The molecule has 2 saturated carbocycles. The van der Waals surface area contributed by atoms with Crippen molar-refractivity contribution in [3.8, 4) is 0 Å². The summed E-state index contributed by atoms with van der Waals surface area (Å²) < 4.78 is 12.0. The van der Waals surface area contributed by atoms with Crippen LogP contribution in [0, 0.1) is 17.3 Å². The highest BCUT2D eigenvalue weighted by molar-refractivity contribution is 4.98. The van der Waals surface area contributed by atoms with Gasteiger partial charge in [-0.05, 0) is 24.7 Å². The molecule has 1 aliphatic heterocycles. The van der Waals surface area contributed by atoms with Gasteiger partial charge in [0.15, 0.2) is 5.79 Å². The molecule has 2 unspecified atom stereocenters. The van der Waals surface area contributed by atoms with Crippen LogP contribution in [0.25, 0.3) is 0 Å². The fraction of sp³-hybridized carbons (Fsp3) is 1.00. The van der Waals surface area contributed by atoms with Crippen LogP contribution < -0.4 is 0 Å². The number of rotatable bonds is 0. The maximum absolute atomic E-state index is 9.62. The Morgan fingerprint density at radius 2 is 1.50 bits per heavy atom. The van der Waals surface area contributed by atoms with Crippen LogP contribution in [0.2, 0.25) is 0 Å². The van der Waals surface area contributed by atoms with Gasteiger partial charge in [0.1, 0.15) is 0 Å². The summed E-state index contributed by atoms with van der Waals surface area (Å²) in [5, 5.41) is 9.62. The van der Waals surface area contributed by atoms with Gasteiger partial charge >= 0.3 is 0 Å². The van der Waals surface area contributed by atoms with E-state index in [9.17, 15) is 5.11 Å². The zero-order valence-electron chi connectivity index (χ0n) is 10.2. The highest BCUT2D eigenvalue weighted by atomic mass is 16.7. The molecular weight excluding hydrogens is 204 g/mol. The van der Waals surface area contributed by atoms with Crippen molar-refractivity contribution < 1.29 is 14.6 Å². The third kappa shape index (κ3) is 1.79. The molecule has 3 nitrogen and oxygen atoms in total. The van der Waals surface area contributed by atoms with E-state index in [1.54, 1.807) is 0 Å². The fourth-order valence-electron chi connectivity index (χ4n) is 3.54. The molecule has 0 amide bonds. The second kappa shape index (κ2) is 3.44. The second-order valence-corrected chi connectivity index (χ2v) is 6.71. The number of ether oxygens (including phenoxy) is 2. The fourth-order valence-corrected chi connectivity index (χ4v) is 3.54. The molecule has 1 heterocycles. The molecule has 92 valence electrons. The zero-order valence-corrected chi connectivity index (χ0v) is 10.2. The summed E-state index contributed by atoms with van der Waals surface area (Å²) in [4.78, 5) is 0. The largest absolute Gasteiger partial charge is 0.393 e. The molecule has 3 aliphatic rings. The topological polar surface area (TPSA) is 38.7 Å². The van der Waals surface area contributed by atoms with E-state index in [0.29, 0.717) is 11.8 Å². The first-order chi connectivity index (χ1) is 7.48. The highest BCUT2D eigenvalue weighted by Gasteiger charge is 2.53. The molecule has 0 aromatic heterocycles. The Kier molecular flexibility index (Phi) is 2.36. The van der Waals surface area contributed by atoms with E-state index in [1.807, 2.05) is 0 Å². The van der Waals surface area contributed by atoms with Gasteiger partial charge in [-0.15, -0.1) is 0 Å². The molecule has 0 radical (unpaired) electrons. The first kappa shape index (κ1) is 11.0. The van der Waals surface area contributed by atoms with Crippen molar-refractivity contribution in [1.82, 2.24) is 0 Å². The third-order valence-corrected chi connectivity index (χ3v) is 4.41. The van der Waals surface area contributed by atoms with Gasteiger partial charge in [-0.3, -0.25) is 0 Å². The van der Waals surface area contributed by atoms with Crippen LogP contribution in [0.5, 0.6) is 0 Å². The van der Waals surface area contributed by atoms with Crippen molar-refractivity contribution >= 4 is 0 Å². The molecule has 3 rings (SSSR count). The Morgan fingerprint density at radius 3 is 2.00 bits per heavy atom. The number of hydrogen-bond acceptors (Lipinski definition) is 3. The molecule has 1 saturated heterocycles. The summed E-state index contributed by atoms with van der Waals surface area (Å²) in [7, 11) is 0. The predicted octanol–water partition coefficient (Wildman–Crippen LogP) is 1.94. The summed E-state index contributed by atoms with van der Waals surface area (Å²) in [5.41, 5.74) is 0.155. The van der Waals surface area contributed by atoms with Crippen LogP contribution in [0.15, 0.2) is 0 Å². The van der Waals surface area contributed by atoms with Crippen LogP contribution in [-0.4, -0.2) is 30.2 Å². The van der Waals surface area contributed by atoms with E-state index in [1.165, 1.54) is 0 Å². The van der Waals surface area contributed by atoms with Crippen molar-refractivity contribution in [2.45, 2.75) is 51.4 Å². The van der Waals surface area contributed by atoms with Crippen LogP contribution in [-0.2, 0) is 9.47 Å². The first-order valence-corrected chi connectivity index (χ1v) is 6.44. The van der Waals surface area contributed by atoms with Crippen LogP contribution in [0.1, 0.15) is 39.5 Å². The predicted molar refractivity (Wildman–Crippen MR) is 59.9 cm³/mol. The van der Waals surface area contributed by atoms with Gasteiger partial charge in [0.2, 0.25) is 0 Å². The minimum absolute atomic E-state index is 0.0765. The lowest BCUT2D eigenvalue weighted by molar-refractivity contribution is -0.297. The minimum Gasteiger partial charge on any atom is -0.393 e. The van der Waals surface area contributed by atoms with Crippen molar-refractivity contribution in [2.24, 2.45) is 17.3 Å². The van der Waals surface area contributed by atoms with Crippen LogP contribution in [0.3, 0.4) is 0 Å². The van der Waals surface area contributed by atoms with E-state index in [4.69, 9.17) is 9.47 Å². The second-order valence-electron chi connectivity index (χ2n) is 6.71. The molecule has 16 heavy (non-hydrogen) atoms. The molecule has 0 bridgehead atoms. The molecule has 3 heteroatoms. The van der Waals surface area contributed by atoms with E-state index in [2.05, 4.69) is 13.8 Å². The number of fused-ring (bicyclic) bond motifs is 1. The van der Waals surface area contributed by atoms with Crippen LogP contribution >= 0.6 is 0 Å². The van der Waals surface area contributed by atoms with Gasteiger partial charge in [-0.2, -0.15) is 0 Å². The van der Waals surface area contributed by atoms with Crippen molar-refractivity contribution in [3.05, 3.63) is 0 Å². The van der Waals surface area contributed by atoms with Gasteiger partial charge in [-0.25, -0.2) is 0 Å². The number of hydrogen-bond donors (Lipinski definition) is 1. The van der Waals surface area contributed by atoms with E-state index in [-0.39, 0.29) is 17.3 Å². The minimum atomic E-state index is -0.301. The molecular formula is C13H22O3. The molecule has 2 aliphatic carbocycles. The lowest BCUT2D eigenvalue weighted by atomic mass is 9.94. The third-order valence-electron chi connectivity index (χ3n) is 4.41. The molecule has 3 fully saturated rings. The summed E-state index contributed by atoms with van der Waals surface area (Å²) >= 11 is 0. The quantitative estimate of drug-likeness (QED) is 0.686. The molecule has 2 atom stereocenters. The van der Waals surface area contributed by atoms with Crippen molar-refractivity contribution in [3.63, 3.8) is 0 Å². The molecule has 1 N–H and O–H groups in total. The average molecular weight is 226 g/mol. The standard InChI is InChI=1S/C13H22O3/c1-12(2)7-15-13(16-8-12)5-9-3-11(14)4-10(9)6-13/h9-11,14H,3-8H2,1-2H3. The van der Waals surface area contributed by atoms with Gasteiger partial charge in [0.05, 0.1) is 19.3 Å². The Bertz CT molecular complexity index is 261. The lowest BCUT2D eigenvalue weighted by Gasteiger charge is -2.42. The molecule has 0 aromatic rings. The zero-order chi connectivity index (χ0) is 11.4. The number of aliphatic hydroxyl groups is 1. The summed E-state index contributed by atoms with van der Waals surface area (Å²) in [5.74, 6) is 0.942. The van der Waals surface area contributed by atoms with Gasteiger partial charge in [-0.1, -0.05) is 13.8 Å². The van der Waals surface area contributed by atoms with Crippen LogP contribution in [0.4, 0.5) is 0 Å². The average Bonchev–Trinajstić information content (AvgIpc) is 2.66. The lowest BCUT2D eigenvalue weighted by Crippen LogP contribution is -2.46. The SMILES string of the molecule is CC1(C)COC2(CC3CC(O)CC3C2)OC1. The van der Waals surface area contributed by atoms with E-state index >= 15 is 0 Å². The summed E-state index contributed by atoms with van der Waals surface area (Å²) in [6.07, 6.45) is 3.80. The van der Waals surface area contributed by atoms with E-state index in [0.717, 1.165) is 38.9 Å². The Morgan fingerprint density at radius 1 is 1.00 bits per heavy atom. The first-order valence-electron chi connectivity index (χ1n) is 6.44. The molecule has 0 aromatic carbocycles. The van der Waals surface area contributed by atoms with Crippen molar-refractivity contribution in [2.75, 3.05) is 13.2 Å². The maximum Gasteiger partial charge on any atom is 0.168 e. The van der Waals surface area contributed by atoms with Crippen molar-refractivity contribution in [1.29, 1.82) is 0 Å². The Labute approximate surface area is 97.1 Å². The monoisotopic (exact) mass is 226 g/mol. The Balaban J connectivity index is 1.66. The van der Waals surface area contributed by atoms with Gasteiger partial charge < -0.3 is 14.6 Å². The summed E-state index contributed by atoms with van der Waals surface area (Å²) in [6.45, 7) is 5.96. The Hall–Kier alpha value is -0.120. The van der Waals surface area contributed by atoms with E-state index < -0.39 is 0 Å². The van der Waals surface area contributed by atoms with Gasteiger partial charge in [0, 0.05) is 18.3 Å². The maximum atomic E-state index is 9.62.